The van der Waals surface area contributed by atoms with Gasteiger partial charge in [-0.05, 0) is 37.3 Å². The van der Waals surface area contributed by atoms with Crippen molar-refractivity contribution in [1.82, 2.24) is 9.55 Å². The summed E-state index contributed by atoms with van der Waals surface area (Å²) in [6.07, 6.45) is 0. The van der Waals surface area contributed by atoms with Gasteiger partial charge in [-0.15, -0.1) is 0 Å². The van der Waals surface area contributed by atoms with Crippen molar-refractivity contribution in [3.63, 3.8) is 0 Å². The lowest BCUT2D eigenvalue weighted by atomic mass is 10.2. The summed E-state index contributed by atoms with van der Waals surface area (Å²) < 4.78 is 15.2. The van der Waals surface area contributed by atoms with Crippen LogP contribution in [0.3, 0.4) is 0 Å². The van der Waals surface area contributed by atoms with Gasteiger partial charge >= 0.3 is 5.97 Å². The largest absolute Gasteiger partial charge is 0.478 e. The first kappa shape index (κ1) is 13.6. The number of benzene rings is 2. The van der Waals surface area contributed by atoms with E-state index in [0.717, 1.165) is 0 Å². The number of imidazole rings is 1. The normalized spacial score (nSPS) is 11.0. The van der Waals surface area contributed by atoms with Crippen molar-refractivity contribution in [2.24, 2.45) is 0 Å². The maximum atomic E-state index is 13.5. The van der Waals surface area contributed by atoms with Gasteiger partial charge in [0.05, 0.1) is 16.8 Å². The minimum atomic E-state index is -1.05. The van der Waals surface area contributed by atoms with Crippen LogP contribution < -0.4 is 0 Å². The molecule has 6 heteroatoms. The van der Waals surface area contributed by atoms with E-state index in [2.05, 4.69) is 4.98 Å². The molecule has 0 spiro atoms. The number of aromatic carboxylic acids is 1. The van der Waals surface area contributed by atoms with Gasteiger partial charge < -0.3 is 5.11 Å². The Morgan fingerprint density at radius 2 is 2.10 bits per heavy atom. The fourth-order valence-electron chi connectivity index (χ4n) is 2.38. The highest BCUT2D eigenvalue weighted by Crippen LogP contribution is 2.26. The fourth-order valence-corrected chi connectivity index (χ4v) is 2.60. The third-order valence-electron chi connectivity index (χ3n) is 3.19. The summed E-state index contributed by atoms with van der Waals surface area (Å²) in [5.41, 5.74) is 1.57. The van der Waals surface area contributed by atoms with Crippen LogP contribution in [0.25, 0.3) is 16.7 Å². The Kier molecular flexibility index (Phi) is 3.14. The third kappa shape index (κ3) is 2.25. The van der Waals surface area contributed by atoms with Gasteiger partial charge in [0.2, 0.25) is 0 Å². The van der Waals surface area contributed by atoms with Crippen molar-refractivity contribution in [3.05, 3.63) is 58.6 Å². The van der Waals surface area contributed by atoms with Crippen molar-refractivity contribution < 1.29 is 14.3 Å². The Bertz CT molecular complexity index is 853. The fraction of sp³-hybridized carbons (Fsp3) is 0.0667. The zero-order valence-electron chi connectivity index (χ0n) is 11.0. The van der Waals surface area contributed by atoms with E-state index in [9.17, 15) is 14.3 Å². The van der Waals surface area contributed by atoms with Crippen LogP contribution >= 0.6 is 11.6 Å². The zero-order chi connectivity index (χ0) is 15.1. The molecule has 1 N–H and O–H groups in total. The second-order valence-corrected chi connectivity index (χ2v) is 5.04. The van der Waals surface area contributed by atoms with Crippen LogP contribution in [0.4, 0.5) is 4.39 Å². The summed E-state index contributed by atoms with van der Waals surface area (Å²) in [6, 6.07) is 8.99. The van der Waals surface area contributed by atoms with E-state index in [-0.39, 0.29) is 10.6 Å². The summed E-state index contributed by atoms with van der Waals surface area (Å²) >= 11 is 5.88. The first-order valence-electron chi connectivity index (χ1n) is 6.15. The van der Waals surface area contributed by atoms with Gasteiger partial charge in [0.15, 0.2) is 0 Å². The maximum absolute atomic E-state index is 13.5. The van der Waals surface area contributed by atoms with Crippen molar-refractivity contribution >= 4 is 28.6 Å². The number of aromatic nitrogens is 2. The zero-order valence-corrected chi connectivity index (χ0v) is 11.7. The molecule has 0 unspecified atom stereocenters. The molecule has 1 aromatic heterocycles. The lowest BCUT2D eigenvalue weighted by Gasteiger charge is -2.08. The van der Waals surface area contributed by atoms with Gasteiger partial charge in [-0.25, -0.2) is 14.2 Å². The van der Waals surface area contributed by atoms with E-state index >= 15 is 0 Å². The number of hydrogen-bond donors (Lipinski definition) is 1. The minimum absolute atomic E-state index is 0.108. The molecule has 0 saturated heterocycles. The Hall–Kier alpha value is -2.40. The van der Waals surface area contributed by atoms with Crippen molar-refractivity contribution in [2.75, 3.05) is 0 Å². The summed E-state index contributed by atoms with van der Waals surface area (Å²) in [6.45, 7) is 1.73. The molecule has 0 aliphatic rings. The Morgan fingerprint density at radius 1 is 1.33 bits per heavy atom. The van der Waals surface area contributed by atoms with Gasteiger partial charge in [0, 0.05) is 5.02 Å². The molecular weight excluding hydrogens is 295 g/mol. The minimum Gasteiger partial charge on any atom is -0.478 e. The molecule has 3 rings (SSSR count). The number of halogens is 2. The van der Waals surface area contributed by atoms with E-state index in [4.69, 9.17) is 11.6 Å². The van der Waals surface area contributed by atoms with Gasteiger partial charge in [0.25, 0.3) is 0 Å². The molecule has 0 fully saturated rings. The Balaban J connectivity index is 2.35. The van der Waals surface area contributed by atoms with Crippen LogP contribution in [0.1, 0.15) is 16.2 Å². The number of nitrogens with zero attached hydrogens (tertiary/aromatic N) is 2. The monoisotopic (exact) mass is 304 g/mol. The SMILES string of the molecule is Cc1nc2c(C(=O)O)cccc2n1-c1cc(F)cc(Cl)c1. The van der Waals surface area contributed by atoms with Gasteiger partial charge in [-0.2, -0.15) is 0 Å². The average molecular weight is 305 g/mol. The van der Waals surface area contributed by atoms with Crippen molar-refractivity contribution in [2.45, 2.75) is 6.92 Å². The molecule has 0 radical (unpaired) electrons. The van der Waals surface area contributed by atoms with Gasteiger partial charge in [-0.1, -0.05) is 17.7 Å². The van der Waals surface area contributed by atoms with E-state index in [1.165, 1.54) is 18.2 Å². The average Bonchev–Trinajstić information content (AvgIpc) is 2.72. The quantitative estimate of drug-likeness (QED) is 0.783. The highest BCUT2D eigenvalue weighted by Gasteiger charge is 2.16. The molecule has 21 heavy (non-hydrogen) atoms. The van der Waals surface area contributed by atoms with E-state index in [1.807, 2.05) is 0 Å². The first-order valence-corrected chi connectivity index (χ1v) is 6.53. The Labute approximate surface area is 124 Å². The number of carboxylic acids is 1. The standard InChI is InChI=1S/C15H10ClFN2O2/c1-8-18-14-12(15(20)21)3-2-4-13(14)19(8)11-6-9(16)5-10(17)7-11/h2-7H,1H3,(H,20,21). The molecule has 0 saturated carbocycles. The molecule has 1 heterocycles. The molecule has 0 atom stereocenters. The molecule has 0 amide bonds. The molecule has 106 valence electrons. The van der Waals surface area contributed by atoms with Crippen molar-refractivity contribution in [3.8, 4) is 5.69 Å². The van der Waals surface area contributed by atoms with Gasteiger partial charge in [-0.3, -0.25) is 4.57 Å². The molecule has 0 bridgehead atoms. The van der Waals surface area contributed by atoms with Crippen LogP contribution in [0.2, 0.25) is 5.02 Å². The predicted octanol–water partition coefficient (Wildman–Crippen LogP) is 3.82. The smallest absolute Gasteiger partial charge is 0.337 e. The van der Waals surface area contributed by atoms with E-state index in [0.29, 0.717) is 22.5 Å². The number of hydrogen-bond acceptors (Lipinski definition) is 2. The molecule has 3 aromatic rings. The highest BCUT2D eigenvalue weighted by molar-refractivity contribution is 6.30. The predicted molar refractivity (Wildman–Crippen MR) is 77.7 cm³/mol. The summed E-state index contributed by atoms with van der Waals surface area (Å²) in [5, 5.41) is 9.48. The van der Waals surface area contributed by atoms with Crippen LogP contribution in [-0.4, -0.2) is 20.6 Å². The summed E-state index contributed by atoms with van der Waals surface area (Å²) in [7, 11) is 0. The first-order chi connectivity index (χ1) is 9.97. The maximum Gasteiger partial charge on any atom is 0.337 e. The topological polar surface area (TPSA) is 55.1 Å². The summed E-state index contributed by atoms with van der Waals surface area (Å²) in [5.74, 6) is -0.962. The lowest BCUT2D eigenvalue weighted by molar-refractivity contribution is 0.0699. The van der Waals surface area contributed by atoms with Crippen molar-refractivity contribution in [1.29, 1.82) is 0 Å². The molecular formula is C15H10ClFN2O2. The number of aryl methyl sites for hydroxylation is 1. The molecule has 2 aromatic carbocycles. The molecule has 4 nitrogen and oxygen atoms in total. The number of para-hydroxylation sites is 1. The van der Waals surface area contributed by atoms with E-state index < -0.39 is 11.8 Å². The second kappa shape index (κ2) is 4.86. The number of carboxylic acid groups (broad SMARTS) is 1. The van der Waals surface area contributed by atoms with E-state index in [1.54, 1.807) is 29.7 Å². The number of carbonyl (C=O) groups is 1. The number of fused-ring (bicyclic) bond motifs is 1. The van der Waals surface area contributed by atoms with Crippen LogP contribution in [0.15, 0.2) is 36.4 Å². The second-order valence-electron chi connectivity index (χ2n) is 4.60. The Morgan fingerprint density at radius 3 is 2.76 bits per heavy atom. The van der Waals surface area contributed by atoms with Crippen LogP contribution in [0.5, 0.6) is 0 Å². The lowest BCUT2D eigenvalue weighted by Crippen LogP contribution is -1.99. The highest BCUT2D eigenvalue weighted by atomic mass is 35.5. The summed E-state index contributed by atoms with van der Waals surface area (Å²) in [4.78, 5) is 15.5. The van der Waals surface area contributed by atoms with Gasteiger partial charge in [0.1, 0.15) is 17.2 Å². The molecule has 0 aliphatic heterocycles. The number of rotatable bonds is 2. The van der Waals surface area contributed by atoms with Crippen LogP contribution in [0, 0.1) is 12.7 Å². The van der Waals surface area contributed by atoms with Crippen LogP contribution in [-0.2, 0) is 0 Å². The molecule has 0 aliphatic carbocycles. The third-order valence-corrected chi connectivity index (χ3v) is 3.41.